The number of aryl methyl sites for hydroxylation is 2. The first-order valence-corrected chi connectivity index (χ1v) is 17.3. The van der Waals surface area contributed by atoms with Crippen molar-refractivity contribution in [3.05, 3.63) is 47.2 Å². The summed E-state index contributed by atoms with van der Waals surface area (Å²) in [6, 6.07) is 11.1. The van der Waals surface area contributed by atoms with E-state index in [0.717, 1.165) is 50.0 Å². The summed E-state index contributed by atoms with van der Waals surface area (Å²) in [6.07, 6.45) is 22.6. The Kier molecular flexibility index (Phi) is 11.9. The molecule has 6 nitrogen and oxygen atoms in total. The van der Waals surface area contributed by atoms with Gasteiger partial charge < -0.3 is 15.1 Å². The summed E-state index contributed by atoms with van der Waals surface area (Å²) in [6.45, 7) is 5.97. The van der Waals surface area contributed by atoms with E-state index < -0.39 is 0 Å². The molecule has 0 radical (unpaired) electrons. The highest BCUT2D eigenvalue weighted by Gasteiger charge is 2.25. The van der Waals surface area contributed by atoms with Gasteiger partial charge >= 0.3 is 0 Å². The highest BCUT2D eigenvalue weighted by atomic mass is 16.2. The van der Waals surface area contributed by atoms with Crippen LogP contribution in [-0.2, 0) is 17.8 Å². The van der Waals surface area contributed by atoms with Crippen molar-refractivity contribution in [2.24, 2.45) is 11.8 Å². The molecule has 1 N–H and O–H groups in total. The van der Waals surface area contributed by atoms with E-state index >= 15 is 0 Å². The van der Waals surface area contributed by atoms with Crippen molar-refractivity contribution < 1.29 is 4.79 Å². The summed E-state index contributed by atoms with van der Waals surface area (Å²) in [5, 5.41) is 3.45. The summed E-state index contributed by atoms with van der Waals surface area (Å²) >= 11 is 0. The molecule has 230 valence electrons. The number of aromatic nitrogens is 2. The molecule has 2 aromatic rings. The van der Waals surface area contributed by atoms with Gasteiger partial charge in [0, 0.05) is 50.9 Å². The van der Waals surface area contributed by atoms with Gasteiger partial charge in [-0.25, -0.2) is 4.98 Å². The molecule has 3 fully saturated rings. The van der Waals surface area contributed by atoms with E-state index in [9.17, 15) is 4.79 Å². The Balaban J connectivity index is 1.01. The van der Waals surface area contributed by atoms with E-state index in [1.54, 1.807) is 0 Å². The highest BCUT2D eigenvalue weighted by molar-refractivity contribution is 5.76. The van der Waals surface area contributed by atoms with E-state index in [-0.39, 0.29) is 0 Å². The van der Waals surface area contributed by atoms with Crippen LogP contribution in [0.2, 0.25) is 0 Å². The number of hydrogen-bond acceptors (Lipinski definition) is 5. The smallest absolute Gasteiger partial charge is 0.225 e. The topological polar surface area (TPSA) is 61.4 Å². The van der Waals surface area contributed by atoms with Crippen molar-refractivity contribution in [2.45, 2.75) is 123 Å². The number of carbonyl (C=O) groups excluding carboxylic acids is 1. The normalized spacial score (nSPS) is 18.8. The van der Waals surface area contributed by atoms with Gasteiger partial charge in [-0.2, -0.15) is 4.98 Å². The Hall–Kier alpha value is -2.63. The van der Waals surface area contributed by atoms with Crippen LogP contribution in [-0.4, -0.2) is 47.0 Å². The van der Waals surface area contributed by atoms with Gasteiger partial charge in [-0.15, -0.1) is 0 Å². The molecular formula is C36H55N5O. The first-order chi connectivity index (χ1) is 20.6. The van der Waals surface area contributed by atoms with Gasteiger partial charge in [0.05, 0.1) is 0 Å². The minimum atomic E-state index is 0.346. The maximum atomic E-state index is 12.9. The van der Waals surface area contributed by atoms with Gasteiger partial charge in [-0.1, -0.05) is 101 Å². The van der Waals surface area contributed by atoms with E-state index in [1.807, 2.05) is 6.92 Å². The SMILES string of the molecule is Cc1cc(N2CCN(C(=O)CC3CCCCC3)CC2)nc(NCc2ccc(CCCCCCC3CCCCC3)cc2)n1. The lowest BCUT2D eigenvalue weighted by Crippen LogP contribution is -2.49. The molecule has 1 saturated heterocycles. The minimum Gasteiger partial charge on any atom is -0.353 e. The molecule has 1 amide bonds. The van der Waals surface area contributed by atoms with Crippen LogP contribution >= 0.6 is 0 Å². The standard InChI is InChI=1S/C36H55N5O/c1-29-26-34(40-22-24-41(25-23-40)35(42)27-32-16-10-5-11-17-32)39-36(38-29)37-28-33-20-18-31(19-21-33)15-7-3-2-6-12-30-13-8-4-9-14-30/h18-21,26,30,32H,2-17,22-25,27-28H2,1H3,(H,37,38,39). The summed E-state index contributed by atoms with van der Waals surface area (Å²) in [5.74, 6) is 3.61. The molecular weight excluding hydrogens is 518 g/mol. The van der Waals surface area contributed by atoms with E-state index in [0.29, 0.717) is 24.3 Å². The first kappa shape index (κ1) is 30.8. The molecule has 1 aromatic heterocycles. The highest BCUT2D eigenvalue weighted by Crippen LogP contribution is 2.29. The van der Waals surface area contributed by atoms with Crippen molar-refractivity contribution in [1.29, 1.82) is 0 Å². The Morgan fingerprint density at radius 3 is 2.14 bits per heavy atom. The van der Waals surface area contributed by atoms with Gasteiger partial charge in [-0.3, -0.25) is 4.79 Å². The Labute approximate surface area is 255 Å². The second kappa shape index (κ2) is 16.3. The molecule has 5 rings (SSSR count). The molecule has 0 bridgehead atoms. The third-order valence-electron chi connectivity index (χ3n) is 10.0. The Bertz CT molecular complexity index is 1080. The molecule has 42 heavy (non-hydrogen) atoms. The molecule has 0 atom stereocenters. The molecule has 3 aliphatic rings. The van der Waals surface area contributed by atoms with Gasteiger partial charge in [0.1, 0.15) is 5.82 Å². The molecule has 1 aromatic carbocycles. The quantitative estimate of drug-likeness (QED) is 0.245. The number of hydrogen-bond donors (Lipinski definition) is 1. The fourth-order valence-corrected chi connectivity index (χ4v) is 7.34. The zero-order valence-corrected chi connectivity index (χ0v) is 26.3. The van der Waals surface area contributed by atoms with Gasteiger partial charge in [-0.05, 0) is 55.6 Å². The lowest BCUT2D eigenvalue weighted by Gasteiger charge is -2.36. The maximum Gasteiger partial charge on any atom is 0.225 e. The maximum absolute atomic E-state index is 12.9. The van der Waals surface area contributed by atoms with Gasteiger partial charge in [0.2, 0.25) is 11.9 Å². The number of piperazine rings is 1. The van der Waals surface area contributed by atoms with Crippen LogP contribution in [0, 0.1) is 18.8 Å². The van der Waals surface area contributed by atoms with E-state index in [1.165, 1.54) is 114 Å². The Morgan fingerprint density at radius 1 is 0.786 bits per heavy atom. The largest absolute Gasteiger partial charge is 0.353 e. The number of amides is 1. The fraction of sp³-hybridized carbons (Fsp3) is 0.694. The third kappa shape index (κ3) is 9.70. The van der Waals surface area contributed by atoms with Crippen molar-refractivity contribution in [2.75, 3.05) is 36.4 Å². The number of carbonyl (C=O) groups is 1. The number of benzene rings is 1. The summed E-state index contributed by atoms with van der Waals surface area (Å²) < 4.78 is 0. The second-order valence-corrected chi connectivity index (χ2v) is 13.4. The lowest BCUT2D eigenvalue weighted by molar-refractivity contribution is -0.132. The summed E-state index contributed by atoms with van der Waals surface area (Å²) in [4.78, 5) is 26.7. The zero-order valence-electron chi connectivity index (χ0n) is 26.3. The summed E-state index contributed by atoms with van der Waals surface area (Å²) in [5.41, 5.74) is 3.66. The molecule has 6 heteroatoms. The van der Waals surface area contributed by atoms with Crippen LogP contribution in [0.5, 0.6) is 0 Å². The van der Waals surface area contributed by atoms with Crippen LogP contribution < -0.4 is 10.2 Å². The van der Waals surface area contributed by atoms with Crippen LogP contribution in [0.25, 0.3) is 0 Å². The minimum absolute atomic E-state index is 0.346. The molecule has 1 aliphatic heterocycles. The van der Waals surface area contributed by atoms with E-state index in [4.69, 9.17) is 4.98 Å². The number of rotatable bonds is 13. The molecule has 0 unspecified atom stereocenters. The van der Waals surface area contributed by atoms with Crippen LogP contribution in [0.15, 0.2) is 30.3 Å². The monoisotopic (exact) mass is 573 g/mol. The number of nitrogens with zero attached hydrogens (tertiary/aromatic N) is 4. The van der Waals surface area contributed by atoms with Crippen molar-refractivity contribution in [1.82, 2.24) is 14.9 Å². The van der Waals surface area contributed by atoms with E-state index in [2.05, 4.69) is 50.4 Å². The van der Waals surface area contributed by atoms with Crippen LogP contribution in [0.1, 0.15) is 120 Å². The lowest BCUT2D eigenvalue weighted by atomic mass is 9.85. The Morgan fingerprint density at radius 2 is 1.43 bits per heavy atom. The fourth-order valence-electron chi connectivity index (χ4n) is 7.34. The van der Waals surface area contributed by atoms with Gasteiger partial charge in [0.25, 0.3) is 0 Å². The molecule has 0 spiro atoms. The van der Waals surface area contributed by atoms with Crippen molar-refractivity contribution in [3.63, 3.8) is 0 Å². The predicted molar refractivity (Wildman–Crippen MR) is 174 cm³/mol. The van der Waals surface area contributed by atoms with Crippen LogP contribution in [0.3, 0.4) is 0 Å². The second-order valence-electron chi connectivity index (χ2n) is 13.4. The molecule has 2 aliphatic carbocycles. The molecule has 2 saturated carbocycles. The average Bonchev–Trinajstić information content (AvgIpc) is 3.03. The molecule has 2 heterocycles. The predicted octanol–water partition coefficient (Wildman–Crippen LogP) is 8.09. The van der Waals surface area contributed by atoms with Crippen molar-refractivity contribution >= 4 is 17.7 Å². The average molecular weight is 574 g/mol. The van der Waals surface area contributed by atoms with Gasteiger partial charge in [0.15, 0.2) is 0 Å². The summed E-state index contributed by atoms with van der Waals surface area (Å²) in [7, 11) is 0. The van der Waals surface area contributed by atoms with Crippen molar-refractivity contribution in [3.8, 4) is 0 Å². The number of anilines is 2. The zero-order chi connectivity index (χ0) is 29.0. The first-order valence-electron chi connectivity index (χ1n) is 17.3. The third-order valence-corrected chi connectivity index (χ3v) is 10.0. The number of nitrogens with one attached hydrogen (secondary N) is 1. The number of unbranched alkanes of at least 4 members (excludes halogenated alkanes) is 3. The van der Waals surface area contributed by atoms with Crippen LogP contribution in [0.4, 0.5) is 11.8 Å².